The predicted octanol–water partition coefficient (Wildman–Crippen LogP) is 22.9. The number of ether oxygens (including phenoxy) is 1. The van der Waals surface area contributed by atoms with Crippen LogP contribution in [0, 0.1) is 0 Å². The normalized spacial score (nSPS) is 12.6. The molecule has 2 atom stereocenters. The van der Waals surface area contributed by atoms with Crippen molar-refractivity contribution in [3.63, 3.8) is 0 Å². The molecule has 3 N–H and O–H groups in total. The van der Waals surface area contributed by atoms with Gasteiger partial charge in [0.05, 0.1) is 25.4 Å². The Kier molecular flexibility index (Phi) is 66.4. The summed E-state index contributed by atoms with van der Waals surface area (Å²) in [7, 11) is 0. The van der Waals surface area contributed by atoms with Crippen molar-refractivity contribution in [3.05, 3.63) is 24.3 Å². The van der Waals surface area contributed by atoms with Gasteiger partial charge in [-0.2, -0.15) is 0 Å². The fraction of sp³-hybridized carbons (Fsp3) is 0.917. The highest BCUT2D eigenvalue weighted by atomic mass is 16.5. The van der Waals surface area contributed by atoms with E-state index in [2.05, 4.69) is 43.5 Å². The maximum Gasteiger partial charge on any atom is 0.305 e. The maximum atomic E-state index is 12.5. The fourth-order valence-electron chi connectivity index (χ4n) is 11.3. The SMILES string of the molecule is CCCCC/C=C\C/C=C\CCCCCCCCCC(=O)OCCCCCCCCCCCCCCCCCCCCCCCCCCCCCCCCC(=O)NC(CO)C(O)CCCCCCCCCCCCCCCC. The van der Waals surface area contributed by atoms with Crippen molar-refractivity contribution < 1.29 is 24.5 Å². The minimum absolute atomic E-state index is 0.0130. The highest BCUT2D eigenvalue weighted by Gasteiger charge is 2.20. The van der Waals surface area contributed by atoms with E-state index in [1.165, 1.54) is 315 Å². The zero-order chi connectivity index (χ0) is 56.4. The van der Waals surface area contributed by atoms with Crippen LogP contribution in [-0.2, 0) is 14.3 Å². The van der Waals surface area contributed by atoms with Gasteiger partial charge in [-0.1, -0.05) is 353 Å². The molecule has 462 valence electrons. The number of hydrogen-bond donors (Lipinski definition) is 3. The van der Waals surface area contributed by atoms with Gasteiger partial charge in [-0.15, -0.1) is 0 Å². The van der Waals surface area contributed by atoms with E-state index in [0.717, 1.165) is 51.4 Å². The summed E-state index contributed by atoms with van der Waals surface area (Å²) in [6, 6.07) is -0.538. The average Bonchev–Trinajstić information content (AvgIpc) is 3.44. The van der Waals surface area contributed by atoms with Gasteiger partial charge in [0.2, 0.25) is 5.91 Å². The molecule has 0 bridgehead atoms. The molecular formula is C72H139NO5. The number of rotatable bonds is 67. The van der Waals surface area contributed by atoms with Crippen LogP contribution in [0.2, 0.25) is 0 Å². The molecule has 1 amide bonds. The van der Waals surface area contributed by atoms with Crippen LogP contribution in [0.5, 0.6) is 0 Å². The molecule has 0 heterocycles. The molecular weight excluding hydrogens is 959 g/mol. The monoisotopic (exact) mass is 1100 g/mol. The number of nitrogens with one attached hydrogen (secondary N) is 1. The van der Waals surface area contributed by atoms with Gasteiger partial charge < -0.3 is 20.3 Å². The molecule has 0 saturated carbocycles. The van der Waals surface area contributed by atoms with E-state index in [4.69, 9.17) is 4.74 Å². The lowest BCUT2D eigenvalue weighted by atomic mass is 10.0. The van der Waals surface area contributed by atoms with Gasteiger partial charge in [0.25, 0.3) is 0 Å². The Morgan fingerprint density at radius 2 is 0.641 bits per heavy atom. The quantitative estimate of drug-likeness (QED) is 0.0320. The first-order valence-electron chi connectivity index (χ1n) is 35.6. The predicted molar refractivity (Wildman–Crippen MR) is 343 cm³/mol. The smallest absolute Gasteiger partial charge is 0.305 e. The van der Waals surface area contributed by atoms with Crippen molar-refractivity contribution in [2.75, 3.05) is 13.2 Å². The Hall–Kier alpha value is -1.66. The Bertz CT molecular complexity index is 1220. The van der Waals surface area contributed by atoms with E-state index in [0.29, 0.717) is 25.9 Å². The third-order valence-corrected chi connectivity index (χ3v) is 16.8. The third-order valence-electron chi connectivity index (χ3n) is 16.8. The summed E-state index contributed by atoms with van der Waals surface area (Å²) in [5, 5.41) is 23.3. The average molecular weight is 1100 g/mol. The number of unbranched alkanes of at least 4 members (excludes halogenated alkanes) is 52. The van der Waals surface area contributed by atoms with E-state index in [1.807, 2.05) is 0 Å². The minimum atomic E-state index is -0.661. The van der Waals surface area contributed by atoms with Gasteiger partial charge in [0, 0.05) is 12.8 Å². The number of aliphatic hydroxyl groups excluding tert-OH is 2. The number of carbonyl (C=O) groups excluding carboxylic acids is 2. The molecule has 0 aromatic rings. The third kappa shape index (κ3) is 63.5. The number of esters is 1. The number of allylic oxidation sites excluding steroid dienone is 4. The highest BCUT2D eigenvalue weighted by molar-refractivity contribution is 5.76. The van der Waals surface area contributed by atoms with Crippen LogP contribution >= 0.6 is 0 Å². The molecule has 78 heavy (non-hydrogen) atoms. The molecule has 0 aromatic carbocycles. The molecule has 6 nitrogen and oxygen atoms in total. The molecule has 0 aliphatic rings. The van der Waals surface area contributed by atoms with Crippen LogP contribution < -0.4 is 5.32 Å². The Morgan fingerprint density at radius 3 is 1.00 bits per heavy atom. The Balaban J connectivity index is 3.32. The van der Waals surface area contributed by atoms with E-state index >= 15 is 0 Å². The Morgan fingerprint density at radius 1 is 0.359 bits per heavy atom. The van der Waals surface area contributed by atoms with Crippen molar-refractivity contribution in [2.24, 2.45) is 0 Å². The maximum absolute atomic E-state index is 12.5. The van der Waals surface area contributed by atoms with Crippen LogP contribution in [0.1, 0.15) is 399 Å². The number of hydrogen-bond acceptors (Lipinski definition) is 5. The van der Waals surface area contributed by atoms with Gasteiger partial charge in [0.1, 0.15) is 0 Å². The molecule has 0 radical (unpaired) electrons. The van der Waals surface area contributed by atoms with E-state index < -0.39 is 12.1 Å². The summed E-state index contributed by atoms with van der Waals surface area (Å²) in [6.07, 6.45) is 85.2. The second kappa shape index (κ2) is 67.8. The minimum Gasteiger partial charge on any atom is -0.466 e. The molecule has 2 unspecified atom stereocenters. The van der Waals surface area contributed by atoms with Crippen molar-refractivity contribution in [1.82, 2.24) is 5.32 Å². The van der Waals surface area contributed by atoms with E-state index in [1.54, 1.807) is 0 Å². The van der Waals surface area contributed by atoms with Crippen LogP contribution in [0.15, 0.2) is 24.3 Å². The van der Waals surface area contributed by atoms with Crippen LogP contribution in [-0.4, -0.2) is 47.4 Å². The first-order chi connectivity index (χ1) is 38.5. The van der Waals surface area contributed by atoms with Gasteiger partial charge in [-0.3, -0.25) is 9.59 Å². The summed E-state index contributed by atoms with van der Waals surface area (Å²) in [5.74, 6) is -0.0155. The zero-order valence-electron chi connectivity index (χ0n) is 52.9. The number of carbonyl (C=O) groups is 2. The zero-order valence-corrected chi connectivity index (χ0v) is 52.9. The Labute approximate surface area is 488 Å². The van der Waals surface area contributed by atoms with E-state index in [9.17, 15) is 19.8 Å². The molecule has 0 spiro atoms. The summed E-state index contributed by atoms with van der Waals surface area (Å²) < 4.78 is 5.50. The lowest BCUT2D eigenvalue weighted by Gasteiger charge is -2.22. The molecule has 0 aromatic heterocycles. The highest BCUT2D eigenvalue weighted by Crippen LogP contribution is 2.19. The number of aliphatic hydroxyl groups is 2. The molecule has 0 aliphatic carbocycles. The van der Waals surface area contributed by atoms with Crippen molar-refractivity contribution in [2.45, 2.75) is 411 Å². The fourth-order valence-corrected chi connectivity index (χ4v) is 11.3. The summed E-state index contributed by atoms with van der Waals surface area (Å²) in [4.78, 5) is 24.6. The topological polar surface area (TPSA) is 95.9 Å². The lowest BCUT2D eigenvalue weighted by molar-refractivity contribution is -0.143. The van der Waals surface area contributed by atoms with Crippen molar-refractivity contribution >= 4 is 11.9 Å². The molecule has 6 heteroatoms. The molecule has 0 rings (SSSR count). The first kappa shape index (κ1) is 76.3. The molecule has 0 aliphatic heterocycles. The summed E-state index contributed by atoms with van der Waals surface area (Å²) in [5.41, 5.74) is 0. The lowest BCUT2D eigenvalue weighted by Crippen LogP contribution is -2.45. The van der Waals surface area contributed by atoms with E-state index in [-0.39, 0.29) is 18.5 Å². The second-order valence-electron chi connectivity index (χ2n) is 24.6. The number of amides is 1. The standard InChI is InChI=1S/C72H139NO5/c1-3-5-7-9-11-13-15-17-19-34-38-42-46-50-54-58-62-66-72(77)78-67-63-59-55-51-47-43-39-36-33-31-29-27-25-23-21-20-22-24-26-28-30-32-35-37-41-45-49-53-57-61-65-71(76)73-69(68-74)70(75)64-60-56-52-48-44-40-18-16-14-12-10-8-6-4-2/h11,13,17,19,69-70,74-75H,3-10,12,14-16,18,20-68H2,1-2H3,(H,73,76)/b13-11-,19-17-. The largest absolute Gasteiger partial charge is 0.466 e. The molecule has 0 fully saturated rings. The second-order valence-corrected chi connectivity index (χ2v) is 24.6. The van der Waals surface area contributed by atoms with Crippen LogP contribution in [0.25, 0.3) is 0 Å². The summed E-state index contributed by atoms with van der Waals surface area (Å²) >= 11 is 0. The molecule has 0 saturated heterocycles. The van der Waals surface area contributed by atoms with Crippen molar-refractivity contribution in [3.8, 4) is 0 Å². The van der Waals surface area contributed by atoms with Gasteiger partial charge in [0.15, 0.2) is 0 Å². The summed E-state index contributed by atoms with van der Waals surface area (Å²) in [6.45, 7) is 4.96. The van der Waals surface area contributed by atoms with Crippen LogP contribution in [0.4, 0.5) is 0 Å². The van der Waals surface area contributed by atoms with Gasteiger partial charge in [-0.25, -0.2) is 0 Å². The van der Waals surface area contributed by atoms with Crippen molar-refractivity contribution in [1.29, 1.82) is 0 Å². The van der Waals surface area contributed by atoms with Gasteiger partial charge >= 0.3 is 5.97 Å². The van der Waals surface area contributed by atoms with Gasteiger partial charge in [-0.05, 0) is 57.8 Å². The van der Waals surface area contributed by atoms with Crippen LogP contribution in [0.3, 0.4) is 0 Å². The first-order valence-corrected chi connectivity index (χ1v) is 35.6.